The predicted octanol–water partition coefficient (Wildman–Crippen LogP) is 0.838. The highest BCUT2D eigenvalue weighted by molar-refractivity contribution is 7.92. The van der Waals surface area contributed by atoms with E-state index in [9.17, 15) is 22.8 Å². The Morgan fingerprint density at radius 2 is 1.76 bits per heavy atom. The molecule has 0 aromatic heterocycles. The highest BCUT2D eigenvalue weighted by Crippen LogP contribution is 2.13. The van der Waals surface area contributed by atoms with Crippen molar-refractivity contribution >= 4 is 33.6 Å². The van der Waals surface area contributed by atoms with Gasteiger partial charge in [-0.25, -0.2) is 18.0 Å². The van der Waals surface area contributed by atoms with Crippen LogP contribution < -0.4 is 15.4 Å². The van der Waals surface area contributed by atoms with Crippen LogP contribution >= 0.6 is 0 Å². The molecule has 1 unspecified atom stereocenters. The predicted molar refractivity (Wildman–Crippen MR) is 91.6 cm³/mol. The van der Waals surface area contributed by atoms with Gasteiger partial charge in [-0.2, -0.15) is 0 Å². The van der Waals surface area contributed by atoms with Crippen LogP contribution in [0.4, 0.5) is 10.5 Å². The van der Waals surface area contributed by atoms with Crippen LogP contribution in [0.15, 0.2) is 24.3 Å². The second-order valence-electron chi connectivity index (χ2n) is 5.62. The van der Waals surface area contributed by atoms with E-state index in [0.29, 0.717) is 0 Å². The van der Waals surface area contributed by atoms with Crippen LogP contribution in [-0.4, -0.2) is 44.7 Å². The number of urea groups is 1. The third kappa shape index (κ3) is 7.66. The van der Waals surface area contributed by atoms with Gasteiger partial charge in [0.2, 0.25) is 10.0 Å². The molecule has 0 spiro atoms. The second kappa shape index (κ2) is 8.47. The van der Waals surface area contributed by atoms with E-state index in [1.54, 1.807) is 13.8 Å². The van der Waals surface area contributed by atoms with Gasteiger partial charge in [0.25, 0.3) is 5.91 Å². The Kier molecular flexibility index (Phi) is 6.92. The topological polar surface area (TPSA) is 131 Å². The summed E-state index contributed by atoms with van der Waals surface area (Å²) in [6.07, 6.45) is -0.232. The first-order valence-corrected chi connectivity index (χ1v) is 9.27. The van der Waals surface area contributed by atoms with E-state index in [0.717, 1.165) is 6.26 Å². The quantitative estimate of drug-likeness (QED) is 0.635. The molecule has 9 nitrogen and oxygen atoms in total. The summed E-state index contributed by atoms with van der Waals surface area (Å²) in [5.41, 5.74) is 0.241. The van der Waals surface area contributed by atoms with E-state index in [4.69, 9.17) is 4.74 Å². The van der Waals surface area contributed by atoms with Crippen molar-refractivity contribution < 1.29 is 27.5 Å². The van der Waals surface area contributed by atoms with Gasteiger partial charge in [0.05, 0.1) is 11.8 Å². The molecule has 10 heteroatoms. The first-order valence-electron chi connectivity index (χ1n) is 7.38. The van der Waals surface area contributed by atoms with Gasteiger partial charge in [-0.15, -0.1) is 0 Å². The third-order valence-electron chi connectivity index (χ3n) is 2.71. The molecular weight excluding hydrogens is 350 g/mol. The number of hydrogen-bond donors (Lipinski definition) is 3. The summed E-state index contributed by atoms with van der Waals surface area (Å²) in [4.78, 5) is 35.3. The fourth-order valence-corrected chi connectivity index (χ4v) is 2.27. The minimum atomic E-state index is -3.49. The SMILES string of the molecule is CC(C)NC(=O)NC(=O)C(C)OC(=O)c1cccc(NS(C)(=O)=O)c1. The molecule has 138 valence electrons. The monoisotopic (exact) mass is 371 g/mol. The molecule has 0 aliphatic rings. The fraction of sp³-hybridized carbons (Fsp3) is 0.400. The Balaban J connectivity index is 2.70. The van der Waals surface area contributed by atoms with Crippen LogP contribution in [0.25, 0.3) is 0 Å². The number of imide groups is 1. The van der Waals surface area contributed by atoms with E-state index in [2.05, 4.69) is 15.4 Å². The smallest absolute Gasteiger partial charge is 0.338 e. The summed E-state index contributed by atoms with van der Waals surface area (Å²) in [5, 5.41) is 4.52. The van der Waals surface area contributed by atoms with E-state index >= 15 is 0 Å². The van der Waals surface area contributed by atoms with Gasteiger partial charge >= 0.3 is 12.0 Å². The van der Waals surface area contributed by atoms with E-state index in [1.165, 1.54) is 31.2 Å². The Hall–Kier alpha value is -2.62. The number of hydrogen-bond acceptors (Lipinski definition) is 6. The van der Waals surface area contributed by atoms with Crippen LogP contribution in [0.5, 0.6) is 0 Å². The summed E-state index contributed by atoms with van der Waals surface area (Å²) < 4.78 is 29.6. The van der Waals surface area contributed by atoms with Crippen molar-refractivity contribution in [3.8, 4) is 0 Å². The molecule has 1 atom stereocenters. The van der Waals surface area contributed by atoms with Gasteiger partial charge in [-0.05, 0) is 39.0 Å². The zero-order valence-corrected chi connectivity index (χ0v) is 15.1. The molecule has 1 rings (SSSR count). The fourth-order valence-electron chi connectivity index (χ4n) is 1.72. The minimum Gasteiger partial charge on any atom is -0.449 e. The van der Waals surface area contributed by atoms with E-state index in [1.807, 2.05) is 0 Å². The molecule has 25 heavy (non-hydrogen) atoms. The zero-order chi connectivity index (χ0) is 19.2. The van der Waals surface area contributed by atoms with Crippen molar-refractivity contribution in [2.45, 2.75) is 32.9 Å². The average Bonchev–Trinajstić information content (AvgIpc) is 2.44. The highest BCUT2D eigenvalue weighted by Gasteiger charge is 2.21. The largest absolute Gasteiger partial charge is 0.449 e. The summed E-state index contributed by atoms with van der Waals surface area (Å²) in [6, 6.07) is 4.76. The first kappa shape index (κ1) is 20.4. The maximum Gasteiger partial charge on any atom is 0.338 e. The number of anilines is 1. The first-order chi connectivity index (χ1) is 11.5. The standard InChI is InChI=1S/C15H21N3O6S/c1-9(2)16-15(21)17-13(19)10(3)24-14(20)11-6-5-7-12(8-11)18-25(4,22)23/h5-10,18H,1-4H3,(H2,16,17,19,21). The number of nitrogens with one attached hydrogen (secondary N) is 3. The molecule has 0 saturated heterocycles. The van der Waals surface area contributed by atoms with Gasteiger partial charge in [0, 0.05) is 11.7 Å². The van der Waals surface area contributed by atoms with Gasteiger partial charge < -0.3 is 10.1 Å². The number of rotatable bonds is 6. The lowest BCUT2D eigenvalue weighted by Gasteiger charge is -2.14. The highest BCUT2D eigenvalue weighted by atomic mass is 32.2. The van der Waals surface area contributed by atoms with Crippen molar-refractivity contribution in [1.82, 2.24) is 10.6 Å². The number of amides is 3. The number of carbonyl (C=O) groups is 3. The van der Waals surface area contributed by atoms with Gasteiger partial charge in [-0.3, -0.25) is 14.8 Å². The van der Waals surface area contributed by atoms with E-state index < -0.39 is 34.0 Å². The Labute approximate surface area is 146 Å². The van der Waals surface area contributed by atoms with Crippen molar-refractivity contribution in [1.29, 1.82) is 0 Å². The molecule has 0 aliphatic carbocycles. The Morgan fingerprint density at radius 1 is 1.12 bits per heavy atom. The maximum absolute atomic E-state index is 12.1. The minimum absolute atomic E-state index is 0.0555. The summed E-state index contributed by atoms with van der Waals surface area (Å²) in [5.74, 6) is -1.61. The van der Waals surface area contributed by atoms with Gasteiger partial charge in [0.15, 0.2) is 6.10 Å². The molecule has 3 amide bonds. The summed E-state index contributed by atoms with van der Waals surface area (Å²) in [7, 11) is -3.49. The van der Waals surface area contributed by atoms with Crippen LogP contribution in [0.2, 0.25) is 0 Å². The second-order valence-corrected chi connectivity index (χ2v) is 7.37. The molecule has 0 heterocycles. The molecule has 1 aromatic carbocycles. The molecule has 0 aliphatic heterocycles. The van der Waals surface area contributed by atoms with Crippen molar-refractivity contribution in [2.24, 2.45) is 0 Å². The van der Waals surface area contributed by atoms with Gasteiger partial charge in [-0.1, -0.05) is 6.07 Å². The maximum atomic E-state index is 12.1. The molecular formula is C15H21N3O6S. The number of esters is 1. The van der Waals surface area contributed by atoms with Gasteiger partial charge in [0.1, 0.15) is 0 Å². The Bertz CT molecular complexity index is 760. The summed E-state index contributed by atoms with van der Waals surface area (Å²) >= 11 is 0. The van der Waals surface area contributed by atoms with Crippen molar-refractivity contribution in [3.05, 3.63) is 29.8 Å². The number of carbonyl (C=O) groups excluding carboxylic acids is 3. The number of sulfonamides is 1. The normalized spacial score (nSPS) is 12.2. The molecule has 3 N–H and O–H groups in total. The van der Waals surface area contributed by atoms with Crippen LogP contribution in [0.3, 0.4) is 0 Å². The van der Waals surface area contributed by atoms with Crippen molar-refractivity contribution in [2.75, 3.05) is 11.0 Å². The van der Waals surface area contributed by atoms with Crippen LogP contribution in [-0.2, 0) is 19.6 Å². The third-order valence-corrected chi connectivity index (χ3v) is 3.32. The number of ether oxygens (including phenoxy) is 1. The molecule has 0 fully saturated rings. The van der Waals surface area contributed by atoms with Crippen LogP contribution in [0.1, 0.15) is 31.1 Å². The average molecular weight is 371 g/mol. The summed E-state index contributed by atoms with van der Waals surface area (Å²) in [6.45, 7) is 4.77. The number of benzene rings is 1. The Morgan fingerprint density at radius 3 is 2.32 bits per heavy atom. The van der Waals surface area contributed by atoms with Crippen LogP contribution in [0, 0.1) is 0 Å². The molecule has 0 saturated carbocycles. The molecule has 0 bridgehead atoms. The van der Waals surface area contributed by atoms with Crippen molar-refractivity contribution in [3.63, 3.8) is 0 Å². The molecule has 1 aromatic rings. The lowest BCUT2D eigenvalue weighted by atomic mass is 10.2. The zero-order valence-electron chi connectivity index (χ0n) is 14.3. The van der Waals surface area contributed by atoms with E-state index in [-0.39, 0.29) is 17.3 Å². The lowest BCUT2D eigenvalue weighted by molar-refractivity contribution is -0.127. The lowest BCUT2D eigenvalue weighted by Crippen LogP contribution is -2.46. The molecule has 0 radical (unpaired) electrons.